The smallest absolute Gasteiger partial charge is 0.335 e. The van der Waals surface area contributed by atoms with E-state index in [9.17, 15) is 4.79 Å². The van der Waals surface area contributed by atoms with Crippen molar-refractivity contribution < 1.29 is 14.6 Å². The Labute approximate surface area is 121 Å². The second-order valence-electron chi connectivity index (χ2n) is 4.07. The molecule has 0 aliphatic carbocycles. The van der Waals surface area contributed by atoms with E-state index in [1.807, 2.05) is 6.92 Å². The number of hydrogen-bond acceptors (Lipinski definition) is 5. The first kappa shape index (κ1) is 14.3. The van der Waals surface area contributed by atoms with Crippen molar-refractivity contribution in [3.05, 3.63) is 47.8 Å². The van der Waals surface area contributed by atoms with Crippen LogP contribution in [0.25, 0.3) is 0 Å². The van der Waals surface area contributed by atoms with Crippen LogP contribution in [0.3, 0.4) is 0 Å². The van der Waals surface area contributed by atoms with Crippen LogP contribution in [0.15, 0.2) is 41.8 Å². The summed E-state index contributed by atoms with van der Waals surface area (Å²) < 4.78 is 5.52. The van der Waals surface area contributed by atoms with Gasteiger partial charge in [-0.1, -0.05) is 11.8 Å². The van der Waals surface area contributed by atoms with Crippen LogP contribution < -0.4 is 4.74 Å². The maximum atomic E-state index is 10.7. The van der Waals surface area contributed by atoms with Crippen LogP contribution in [-0.2, 0) is 0 Å². The monoisotopic (exact) mass is 290 g/mol. The quantitative estimate of drug-likeness (QED) is 0.501. The number of benzene rings is 1. The van der Waals surface area contributed by atoms with Gasteiger partial charge in [0.1, 0.15) is 5.75 Å². The largest absolute Gasteiger partial charge is 0.493 e. The van der Waals surface area contributed by atoms with Crippen LogP contribution in [0.5, 0.6) is 5.75 Å². The van der Waals surface area contributed by atoms with Crippen molar-refractivity contribution in [2.24, 2.45) is 0 Å². The Morgan fingerprint density at radius 1 is 1.25 bits per heavy atom. The highest BCUT2D eigenvalue weighted by molar-refractivity contribution is 7.99. The lowest BCUT2D eigenvalue weighted by Crippen LogP contribution is -2.02. The molecule has 1 heterocycles. The number of nitrogens with zero attached hydrogens (tertiary/aromatic N) is 2. The van der Waals surface area contributed by atoms with Crippen LogP contribution >= 0.6 is 11.8 Å². The SMILES string of the molecule is Cc1cnc(SCCOc2ccc(C(=O)O)cc2)nc1. The average molecular weight is 290 g/mol. The molecule has 2 rings (SSSR count). The van der Waals surface area contributed by atoms with Gasteiger partial charge in [0, 0.05) is 18.1 Å². The minimum atomic E-state index is -0.941. The van der Waals surface area contributed by atoms with Crippen LogP contribution in [0, 0.1) is 6.92 Å². The van der Waals surface area contributed by atoms with Gasteiger partial charge in [0.15, 0.2) is 5.16 Å². The predicted octanol–water partition coefficient (Wildman–Crippen LogP) is 2.65. The fourth-order valence-corrected chi connectivity index (χ4v) is 2.05. The highest BCUT2D eigenvalue weighted by Gasteiger charge is 2.02. The molecule has 2 aromatic rings. The molecule has 0 spiro atoms. The molecule has 5 nitrogen and oxygen atoms in total. The highest BCUT2D eigenvalue weighted by Crippen LogP contribution is 2.15. The molecular formula is C14H14N2O3S. The van der Waals surface area contributed by atoms with Crippen molar-refractivity contribution in [2.75, 3.05) is 12.4 Å². The van der Waals surface area contributed by atoms with Gasteiger partial charge in [-0.2, -0.15) is 0 Å². The Morgan fingerprint density at radius 3 is 2.50 bits per heavy atom. The van der Waals surface area contributed by atoms with E-state index in [0.717, 1.165) is 16.5 Å². The molecule has 0 radical (unpaired) electrons. The molecule has 6 heteroatoms. The summed E-state index contributed by atoms with van der Waals surface area (Å²) in [5, 5.41) is 9.50. The van der Waals surface area contributed by atoms with Gasteiger partial charge in [0.25, 0.3) is 0 Å². The van der Waals surface area contributed by atoms with Gasteiger partial charge in [-0.3, -0.25) is 0 Å². The van der Waals surface area contributed by atoms with E-state index in [1.165, 1.54) is 23.9 Å². The zero-order chi connectivity index (χ0) is 14.4. The summed E-state index contributed by atoms with van der Waals surface area (Å²) in [5.41, 5.74) is 1.28. The third-order valence-corrected chi connectivity index (χ3v) is 3.28. The Bertz CT molecular complexity index is 570. The maximum absolute atomic E-state index is 10.7. The predicted molar refractivity (Wildman–Crippen MR) is 76.4 cm³/mol. The summed E-state index contributed by atoms with van der Waals surface area (Å²) in [5.74, 6) is 0.438. The Hall–Kier alpha value is -2.08. The number of aromatic carboxylic acids is 1. The van der Waals surface area contributed by atoms with E-state index >= 15 is 0 Å². The van der Waals surface area contributed by atoms with Crippen molar-refractivity contribution in [1.82, 2.24) is 9.97 Å². The standard InChI is InChI=1S/C14H14N2O3S/c1-10-8-15-14(16-9-10)20-7-6-19-12-4-2-11(3-5-12)13(17)18/h2-5,8-9H,6-7H2,1H3,(H,17,18). The van der Waals surface area contributed by atoms with Crippen molar-refractivity contribution >= 4 is 17.7 Å². The van der Waals surface area contributed by atoms with E-state index in [2.05, 4.69) is 9.97 Å². The minimum absolute atomic E-state index is 0.250. The van der Waals surface area contributed by atoms with Crippen molar-refractivity contribution in [2.45, 2.75) is 12.1 Å². The van der Waals surface area contributed by atoms with Gasteiger partial charge in [0.05, 0.1) is 12.2 Å². The second kappa shape index (κ2) is 6.91. The molecule has 0 fully saturated rings. The van der Waals surface area contributed by atoms with Gasteiger partial charge in [0.2, 0.25) is 0 Å². The van der Waals surface area contributed by atoms with Crippen molar-refractivity contribution in [3.63, 3.8) is 0 Å². The molecule has 0 unspecified atom stereocenters. The van der Waals surface area contributed by atoms with E-state index in [-0.39, 0.29) is 5.56 Å². The molecule has 1 aromatic heterocycles. The molecule has 0 bridgehead atoms. The first-order valence-electron chi connectivity index (χ1n) is 6.03. The van der Waals surface area contributed by atoms with Gasteiger partial charge >= 0.3 is 5.97 Å². The van der Waals surface area contributed by atoms with Crippen molar-refractivity contribution in [1.29, 1.82) is 0 Å². The first-order chi connectivity index (χ1) is 9.65. The fraction of sp³-hybridized carbons (Fsp3) is 0.214. The number of carbonyl (C=O) groups is 1. The van der Waals surface area contributed by atoms with Gasteiger partial charge < -0.3 is 9.84 Å². The fourth-order valence-electron chi connectivity index (χ4n) is 1.44. The topological polar surface area (TPSA) is 72.3 Å². The number of aryl methyl sites for hydroxylation is 1. The lowest BCUT2D eigenvalue weighted by molar-refractivity contribution is 0.0697. The molecule has 0 amide bonds. The Kier molecular flexibility index (Phi) is 4.95. The highest BCUT2D eigenvalue weighted by atomic mass is 32.2. The lowest BCUT2D eigenvalue weighted by Gasteiger charge is -2.05. The molecule has 0 aliphatic heterocycles. The number of ether oxygens (including phenoxy) is 1. The summed E-state index contributed by atoms with van der Waals surface area (Å²) in [4.78, 5) is 19.1. The molecular weight excluding hydrogens is 276 g/mol. The minimum Gasteiger partial charge on any atom is -0.493 e. The van der Waals surface area contributed by atoms with Gasteiger partial charge in [-0.25, -0.2) is 14.8 Å². The second-order valence-corrected chi connectivity index (χ2v) is 5.13. The van der Waals surface area contributed by atoms with E-state index < -0.39 is 5.97 Å². The van der Waals surface area contributed by atoms with Crippen LogP contribution in [-0.4, -0.2) is 33.4 Å². The lowest BCUT2D eigenvalue weighted by atomic mass is 10.2. The molecule has 20 heavy (non-hydrogen) atoms. The Balaban J connectivity index is 1.75. The number of rotatable bonds is 6. The molecule has 1 aromatic carbocycles. The van der Waals surface area contributed by atoms with E-state index in [4.69, 9.17) is 9.84 Å². The molecule has 0 aliphatic rings. The molecule has 0 saturated heterocycles. The normalized spacial score (nSPS) is 10.2. The summed E-state index contributed by atoms with van der Waals surface area (Å²) >= 11 is 1.52. The molecule has 104 valence electrons. The molecule has 0 saturated carbocycles. The Morgan fingerprint density at radius 2 is 1.90 bits per heavy atom. The van der Waals surface area contributed by atoms with E-state index in [0.29, 0.717) is 12.4 Å². The van der Waals surface area contributed by atoms with Crippen LogP contribution in [0.4, 0.5) is 0 Å². The number of hydrogen-bond donors (Lipinski definition) is 1. The number of thioether (sulfide) groups is 1. The third kappa shape index (κ3) is 4.24. The van der Waals surface area contributed by atoms with Crippen molar-refractivity contribution in [3.8, 4) is 5.75 Å². The number of aromatic nitrogens is 2. The maximum Gasteiger partial charge on any atom is 0.335 e. The third-order valence-electron chi connectivity index (χ3n) is 2.44. The molecule has 0 atom stereocenters. The summed E-state index contributed by atoms with van der Waals surface area (Å²) in [6, 6.07) is 6.34. The zero-order valence-electron chi connectivity index (χ0n) is 10.9. The van der Waals surface area contributed by atoms with Gasteiger partial charge in [-0.15, -0.1) is 0 Å². The van der Waals surface area contributed by atoms with Gasteiger partial charge in [-0.05, 0) is 36.8 Å². The summed E-state index contributed by atoms with van der Waals surface area (Å²) in [6.07, 6.45) is 3.56. The number of carboxylic acids is 1. The molecule has 1 N–H and O–H groups in total. The zero-order valence-corrected chi connectivity index (χ0v) is 11.8. The summed E-state index contributed by atoms with van der Waals surface area (Å²) in [7, 11) is 0. The summed E-state index contributed by atoms with van der Waals surface area (Å²) in [6.45, 7) is 2.45. The first-order valence-corrected chi connectivity index (χ1v) is 7.01. The van der Waals surface area contributed by atoms with E-state index in [1.54, 1.807) is 24.5 Å². The number of carboxylic acid groups (broad SMARTS) is 1. The average Bonchev–Trinajstić information content (AvgIpc) is 2.46. The van der Waals surface area contributed by atoms with Crippen LogP contribution in [0.1, 0.15) is 15.9 Å². The van der Waals surface area contributed by atoms with Crippen LogP contribution in [0.2, 0.25) is 0 Å².